The molecule has 1 fully saturated rings. The van der Waals surface area contributed by atoms with Gasteiger partial charge in [-0.3, -0.25) is 4.98 Å². The SMILES string of the molecule is CCNC(Cc1ccncc1)C1CN(C)CCCN1C. The zero-order valence-corrected chi connectivity index (χ0v) is 13.0. The van der Waals surface area contributed by atoms with Crippen molar-refractivity contribution >= 4 is 0 Å². The third kappa shape index (κ3) is 4.27. The summed E-state index contributed by atoms with van der Waals surface area (Å²) in [6, 6.07) is 5.32. The highest BCUT2D eigenvalue weighted by Gasteiger charge is 2.28. The van der Waals surface area contributed by atoms with Gasteiger partial charge in [0.2, 0.25) is 0 Å². The number of aromatic nitrogens is 1. The van der Waals surface area contributed by atoms with Crippen molar-refractivity contribution < 1.29 is 0 Å². The molecule has 0 bridgehead atoms. The van der Waals surface area contributed by atoms with Crippen LogP contribution in [0, 0.1) is 0 Å². The lowest BCUT2D eigenvalue weighted by atomic mass is 9.98. The van der Waals surface area contributed by atoms with E-state index >= 15 is 0 Å². The van der Waals surface area contributed by atoms with Gasteiger partial charge in [0.1, 0.15) is 0 Å². The molecule has 0 radical (unpaired) electrons. The van der Waals surface area contributed by atoms with E-state index in [2.05, 4.69) is 53.3 Å². The number of likely N-dealkylation sites (N-methyl/N-ethyl adjacent to an activating group) is 3. The summed E-state index contributed by atoms with van der Waals surface area (Å²) in [5.74, 6) is 0. The number of nitrogens with one attached hydrogen (secondary N) is 1. The molecule has 2 heterocycles. The normalized spacial score (nSPS) is 23.4. The molecule has 1 aliphatic rings. The summed E-state index contributed by atoms with van der Waals surface area (Å²) >= 11 is 0. The number of hydrogen-bond donors (Lipinski definition) is 1. The van der Waals surface area contributed by atoms with E-state index < -0.39 is 0 Å². The molecular weight excluding hydrogens is 248 g/mol. The zero-order valence-electron chi connectivity index (χ0n) is 13.0. The standard InChI is InChI=1S/C16H28N4/c1-4-18-15(12-14-6-8-17-9-7-14)16-13-19(2)10-5-11-20(16)3/h6-9,15-16,18H,4-5,10-13H2,1-3H3. The van der Waals surface area contributed by atoms with Crippen molar-refractivity contribution in [3.05, 3.63) is 30.1 Å². The van der Waals surface area contributed by atoms with Gasteiger partial charge in [0, 0.05) is 31.0 Å². The molecule has 4 heteroatoms. The van der Waals surface area contributed by atoms with E-state index in [1.165, 1.54) is 25.1 Å². The average molecular weight is 276 g/mol. The largest absolute Gasteiger partial charge is 0.312 e. The van der Waals surface area contributed by atoms with E-state index in [1.807, 2.05) is 12.4 Å². The van der Waals surface area contributed by atoms with E-state index in [-0.39, 0.29) is 0 Å². The van der Waals surface area contributed by atoms with Crippen LogP contribution in [0.2, 0.25) is 0 Å². The van der Waals surface area contributed by atoms with Crippen molar-refractivity contribution in [2.24, 2.45) is 0 Å². The molecule has 1 saturated heterocycles. The first kappa shape index (κ1) is 15.4. The Morgan fingerprint density at radius 2 is 2.05 bits per heavy atom. The summed E-state index contributed by atoms with van der Waals surface area (Å²) in [7, 11) is 4.50. The van der Waals surface area contributed by atoms with Crippen molar-refractivity contribution in [3.8, 4) is 0 Å². The molecule has 0 spiro atoms. The highest BCUT2D eigenvalue weighted by atomic mass is 15.2. The molecule has 0 amide bonds. The molecule has 1 aromatic heterocycles. The van der Waals surface area contributed by atoms with E-state index in [9.17, 15) is 0 Å². The van der Waals surface area contributed by atoms with Gasteiger partial charge in [0.05, 0.1) is 0 Å². The molecule has 20 heavy (non-hydrogen) atoms. The van der Waals surface area contributed by atoms with E-state index in [1.54, 1.807) is 0 Å². The Morgan fingerprint density at radius 3 is 2.75 bits per heavy atom. The van der Waals surface area contributed by atoms with Crippen LogP contribution >= 0.6 is 0 Å². The fraction of sp³-hybridized carbons (Fsp3) is 0.688. The predicted octanol–water partition coefficient (Wildman–Crippen LogP) is 1.24. The molecular formula is C16H28N4. The summed E-state index contributed by atoms with van der Waals surface area (Å²) in [6.07, 6.45) is 6.11. The van der Waals surface area contributed by atoms with Crippen molar-refractivity contribution in [2.45, 2.75) is 31.8 Å². The smallest absolute Gasteiger partial charge is 0.0376 e. The second kappa shape index (κ2) is 7.72. The predicted molar refractivity (Wildman–Crippen MR) is 83.9 cm³/mol. The van der Waals surface area contributed by atoms with Gasteiger partial charge in [-0.25, -0.2) is 0 Å². The quantitative estimate of drug-likeness (QED) is 0.877. The van der Waals surface area contributed by atoms with Gasteiger partial charge in [-0.15, -0.1) is 0 Å². The first-order chi connectivity index (χ1) is 9.70. The topological polar surface area (TPSA) is 31.4 Å². The molecule has 4 nitrogen and oxygen atoms in total. The van der Waals surface area contributed by atoms with Crippen LogP contribution in [0.15, 0.2) is 24.5 Å². The average Bonchev–Trinajstić information content (AvgIpc) is 2.61. The monoisotopic (exact) mass is 276 g/mol. The third-order valence-electron chi connectivity index (χ3n) is 4.25. The lowest BCUT2D eigenvalue weighted by Gasteiger charge is -2.35. The fourth-order valence-electron chi connectivity index (χ4n) is 3.12. The van der Waals surface area contributed by atoms with Crippen molar-refractivity contribution in [3.63, 3.8) is 0 Å². The van der Waals surface area contributed by atoms with Gasteiger partial charge in [0.25, 0.3) is 0 Å². The second-order valence-corrected chi connectivity index (χ2v) is 5.89. The number of hydrogen-bond acceptors (Lipinski definition) is 4. The van der Waals surface area contributed by atoms with Crippen LogP contribution < -0.4 is 5.32 Å². The Kier molecular flexibility index (Phi) is 5.95. The lowest BCUT2D eigenvalue weighted by molar-refractivity contribution is 0.178. The summed E-state index contributed by atoms with van der Waals surface area (Å²) in [6.45, 7) is 6.74. The van der Waals surface area contributed by atoms with E-state index in [0.29, 0.717) is 12.1 Å². The first-order valence-electron chi connectivity index (χ1n) is 7.71. The minimum atomic E-state index is 0.493. The molecule has 2 atom stereocenters. The van der Waals surface area contributed by atoms with Crippen molar-refractivity contribution in [1.29, 1.82) is 0 Å². The van der Waals surface area contributed by atoms with Crippen LogP contribution in [0.25, 0.3) is 0 Å². The van der Waals surface area contributed by atoms with Gasteiger partial charge in [-0.2, -0.15) is 0 Å². The maximum absolute atomic E-state index is 4.11. The molecule has 112 valence electrons. The molecule has 0 saturated carbocycles. The van der Waals surface area contributed by atoms with Gasteiger partial charge < -0.3 is 15.1 Å². The van der Waals surface area contributed by atoms with Crippen LogP contribution in [0.3, 0.4) is 0 Å². The Morgan fingerprint density at radius 1 is 1.30 bits per heavy atom. The van der Waals surface area contributed by atoms with Crippen LogP contribution in [-0.4, -0.2) is 67.1 Å². The molecule has 1 aromatic rings. The molecule has 2 unspecified atom stereocenters. The van der Waals surface area contributed by atoms with Crippen LogP contribution in [0.4, 0.5) is 0 Å². The van der Waals surface area contributed by atoms with Gasteiger partial charge in [-0.1, -0.05) is 6.92 Å². The summed E-state index contributed by atoms with van der Waals surface area (Å²) in [4.78, 5) is 9.10. The maximum atomic E-state index is 4.11. The number of nitrogens with zero attached hydrogens (tertiary/aromatic N) is 3. The highest BCUT2D eigenvalue weighted by molar-refractivity contribution is 5.12. The maximum Gasteiger partial charge on any atom is 0.0376 e. The third-order valence-corrected chi connectivity index (χ3v) is 4.25. The van der Waals surface area contributed by atoms with Gasteiger partial charge >= 0.3 is 0 Å². The van der Waals surface area contributed by atoms with Crippen molar-refractivity contribution in [2.75, 3.05) is 40.3 Å². The van der Waals surface area contributed by atoms with Gasteiger partial charge in [-0.05, 0) is 64.3 Å². The highest BCUT2D eigenvalue weighted by Crippen LogP contribution is 2.14. The molecule has 0 aromatic carbocycles. The first-order valence-corrected chi connectivity index (χ1v) is 7.71. The van der Waals surface area contributed by atoms with Crippen LogP contribution in [0.5, 0.6) is 0 Å². The second-order valence-electron chi connectivity index (χ2n) is 5.89. The lowest BCUT2D eigenvalue weighted by Crippen LogP contribution is -2.53. The van der Waals surface area contributed by atoms with Crippen molar-refractivity contribution in [1.82, 2.24) is 20.1 Å². The number of rotatable bonds is 5. The molecule has 2 rings (SSSR count). The Hall–Kier alpha value is -0.970. The molecule has 1 aliphatic heterocycles. The van der Waals surface area contributed by atoms with E-state index in [4.69, 9.17) is 0 Å². The van der Waals surface area contributed by atoms with Gasteiger partial charge in [0.15, 0.2) is 0 Å². The Bertz CT molecular complexity index is 381. The molecule has 0 aliphatic carbocycles. The van der Waals surface area contributed by atoms with E-state index in [0.717, 1.165) is 19.5 Å². The summed E-state index contributed by atoms with van der Waals surface area (Å²) in [5, 5.41) is 3.69. The minimum absolute atomic E-state index is 0.493. The van der Waals surface area contributed by atoms with Crippen LogP contribution in [0.1, 0.15) is 18.9 Å². The minimum Gasteiger partial charge on any atom is -0.312 e. The zero-order chi connectivity index (χ0) is 14.4. The van der Waals surface area contributed by atoms with Crippen LogP contribution in [-0.2, 0) is 6.42 Å². The Labute approximate surface area is 123 Å². The Balaban J connectivity index is 2.09. The summed E-state index contributed by atoms with van der Waals surface area (Å²) < 4.78 is 0. The summed E-state index contributed by atoms with van der Waals surface area (Å²) in [5.41, 5.74) is 1.37. The fourth-order valence-corrected chi connectivity index (χ4v) is 3.12. The molecule has 1 N–H and O–H groups in total. The number of pyridine rings is 1.